The molecule has 0 aliphatic carbocycles. The van der Waals surface area contributed by atoms with Gasteiger partial charge in [0.15, 0.2) is 5.58 Å². The summed E-state index contributed by atoms with van der Waals surface area (Å²) in [5, 5.41) is 15.3. The number of hydrogen-bond acceptors (Lipinski definition) is 7. The molecule has 3 heterocycles. The highest BCUT2D eigenvalue weighted by Gasteiger charge is 2.25. The third kappa shape index (κ3) is 3.38. The number of aryl methyl sites for hydroxylation is 2. The van der Waals surface area contributed by atoms with E-state index in [1.807, 2.05) is 45.0 Å². The summed E-state index contributed by atoms with van der Waals surface area (Å²) in [5.41, 5.74) is 4.79. The lowest BCUT2D eigenvalue weighted by Gasteiger charge is -2.16. The summed E-state index contributed by atoms with van der Waals surface area (Å²) in [4.78, 5) is 17.6. The normalized spacial score (nSPS) is 12.5. The zero-order valence-corrected chi connectivity index (χ0v) is 19.8. The van der Waals surface area contributed by atoms with Gasteiger partial charge in [-0.05, 0) is 50.6 Å². The number of oxazole rings is 1. The highest BCUT2D eigenvalue weighted by Crippen LogP contribution is 2.40. The van der Waals surface area contributed by atoms with Gasteiger partial charge in [0, 0.05) is 16.0 Å². The van der Waals surface area contributed by atoms with Crippen molar-refractivity contribution < 1.29 is 18.8 Å². The Morgan fingerprint density at radius 1 is 1.21 bits per heavy atom. The molecular weight excluding hydrogens is 458 g/mol. The average molecular weight is 480 g/mol. The van der Waals surface area contributed by atoms with E-state index in [9.17, 15) is 9.90 Å². The van der Waals surface area contributed by atoms with Crippen LogP contribution in [0.25, 0.3) is 33.1 Å². The third-order valence-electron chi connectivity index (χ3n) is 6.12. The van der Waals surface area contributed by atoms with Crippen LogP contribution in [0, 0.1) is 13.8 Å². The van der Waals surface area contributed by atoms with E-state index in [2.05, 4.69) is 10.1 Å². The zero-order valence-electron chi connectivity index (χ0n) is 19.0. The van der Waals surface area contributed by atoms with Crippen LogP contribution in [0.1, 0.15) is 35.7 Å². The number of benzene rings is 2. The molecule has 2 aromatic carbocycles. The summed E-state index contributed by atoms with van der Waals surface area (Å²) in [6.07, 6.45) is 0. The van der Waals surface area contributed by atoms with Crippen molar-refractivity contribution in [2.45, 2.75) is 33.4 Å². The van der Waals surface area contributed by atoms with E-state index in [1.165, 1.54) is 0 Å². The Balaban J connectivity index is 1.86. The maximum atomic E-state index is 13.0. The Hall–Kier alpha value is -3.62. The SMILES string of the molecule is COc1cc2c(cc1-c1c(C)noc1C)nc(CO)c1oc(=O)n([C@H](C)c3ccc(Cl)cc3)c12. The number of hydrogen-bond donors (Lipinski definition) is 1. The molecule has 0 saturated carbocycles. The summed E-state index contributed by atoms with van der Waals surface area (Å²) in [7, 11) is 1.58. The van der Waals surface area contributed by atoms with E-state index >= 15 is 0 Å². The van der Waals surface area contributed by atoms with Crippen molar-refractivity contribution >= 4 is 33.6 Å². The smallest absolute Gasteiger partial charge is 0.420 e. The number of aliphatic hydroxyl groups excluding tert-OH is 1. The molecule has 0 spiro atoms. The lowest BCUT2D eigenvalue weighted by Crippen LogP contribution is -2.19. The van der Waals surface area contributed by atoms with E-state index < -0.39 is 5.76 Å². The summed E-state index contributed by atoms with van der Waals surface area (Å²) < 4.78 is 18.2. The van der Waals surface area contributed by atoms with Crippen LogP contribution in [0.15, 0.2) is 50.1 Å². The molecule has 3 aromatic heterocycles. The number of rotatable bonds is 5. The van der Waals surface area contributed by atoms with Crippen molar-refractivity contribution in [1.29, 1.82) is 0 Å². The third-order valence-corrected chi connectivity index (χ3v) is 6.38. The molecule has 1 N–H and O–H groups in total. The standard InChI is InChI=1S/C25H22ClN3O5/c1-12-22(14(3)34-28-12)18-9-19-17(10-21(18)32-4)23-24(20(11-30)27-19)33-25(31)29(23)13(2)15-5-7-16(26)8-6-15/h5-10,13,30H,11H2,1-4H3/t13-/m1/s1. The quantitative estimate of drug-likeness (QED) is 0.370. The van der Waals surface area contributed by atoms with Crippen LogP contribution in [0.2, 0.25) is 5.02 Å². The van der Waals surface area contributed by atoms with Crippen molar-refractivity contribution in [1.82, 2.24) is 14.7 Å². The van der Waals surface area contributed by atoms with E-state index in [-0.39, 0.29) is 23.9 Å². The van der Waals surface area contributed by atoms with E-state index in [0.717, 1.165) is 22.4 Å². The number of aliphatic hydroxyl groups is 1. The number of pyridine rings is 1. The molecule has 0 bridgehead atoms. The molecule has 1 atom stereocenters. The van der Waals surface area contributed by atoms with E-state index in [0.29, 0.717) is 33.0 Å². The Morgan fingerprint density at radius 2 is 1.94 bits per heavy atom. The molecule has 0 aliphatic rings. The van der Waals surface area contributed by atoms with Gasteiger partial charge in [0.25, 0.3) is 0 Å². The maximum absolute atomic E-state index is 13.0. The number of aromatic nitrogens is 3. The van der Waals surface area contributed by atoms with Gasteiger partial charge in [0.05, 0.1) is 36.5 Å². The number of nitrogens with zero attached hydrogens (tertiary/aromatic N) is 3. The van der Waals surface area contributed by atoms with Crippen molar-refractivity contribution in [2.24, 2.45) is 0 Å². The predicted molar refractivity (Wildman–Crippen MR) is 128 cm³/mol. The molecule has 5 rings (SSSR count). The van der Waals surface area contributed by atoms with Crippen LogP contribution in [0.3, 0.4) is 0 Å². The first-order valence-corrected chi connectivity index (χ1v) is 11.1. The number of ether oxygens (including phenoxy) is 1. The van der Waals surface area contributed by atoms with Crippen LogP contribution in [-0.2, 0) is 6.61 Å². The molecule has 0 saturated heterocycles. The van der Waals surface area contributed by atoms with Gasteiger partial charge in [-0.25, -0.2) is 9.78 Å². The largest absolute Gasteiger partial charge is 0.496 e. The second-order valence-corrected chi connectivity index (χ2v) is 8.57. The number of fused-ring (bicyclic) bond motifs is 3. The second-order valence-electron chi connectivity index (χ2n) is 8.13. The zero-order chi connectivity index (χ0) is 24.1. The van der Waals surface area contributed by atoms with Crippen LogP contribution in [0.4, 0.5) is 0 Å². The van der Waals surface area contributed by atoms with Gasteiger partial charge < -0.3 is 18.8 Å². The predicted octanol–water partition coefficient (Wildman–Crippen LogP) is 5.18. The van der Waals surface area contributed by atoms with Crippen molar-refractivity contribution in [3.63, 3.8) is 0 Å². The van der Waals surface area contributed by atoms with Gasteiger partial charge in [-0.2, -0.15) is 0 Å². The van der Waals surface area contributed by atoms with Crippen LogP contribution in [0.5, 0.6) is 5.75 Å². The molecule has 34 heavy (non-hydrogen) atoms. The molecule has 174 valence electrons. The first-order chi connectivity index (χ1) is 16.3. The Morgan fingerprint density at radius 3 is 2.56 bits per heavy atom. The van der Waals surface area contributed by atoms with Gasteiger partial charge in [0.1, 0.15) is 22.7 Å². The maximum Gasteiger partial charge on any atom is 0.420 e. The van der Waals surface area contributed by atoms with E-state index in [1.54, 1.807) is 23.8 Å². The first-order valence-electron chi connectivity index (χ1n) is 10.7. The fourth-order valence-corrected chi connectivity index (χ4v) is 4.59. The molecule has 0 unspecified atom stereocenters. The van der Waals surface area contributed by atoms with Crippen molar-refractivity contribution in [2.75, 3.05) is 7.11 Å². The van der Waals surface area contributed by atoms with Crippen LogP contribution in [-0.4, -0.2) is 26.9 Å². The minimum Gasteiger partial charge on any atom is -0.496 e. The summed E-state index contributed by atoms with van der Waals surface area (Å²) in [6.45, 7) is 5.20. The molecule has 9 heteroatoms. The number of halogens is 1. The fraction of sp³-hybridized carbons (Fsp3) is 0.240. The lowest BCUT2D eigenvalue weighted by atomic mass is 10.00. The molecule has 0 aliphatic heterocycles. The minimum atomic E-state index is -0.546. The number of methoxy groups -OCH3 is 1. The Labute approximate surface area is 199 Å². The molecule has 0 amide bonds. The van der Waals surface area contributed by atoms with Gasteiger partial charge in [0.2, 0.25) is 0 Å². The first kappa shape index (κ1) is 22.2. The second kappa shape index (κ2) is 8.30. The summed E-state index contributed by atoms with van der Waals surface area (Å²) >= 11 is 6.05. The van der Waals surface area contributed by atoms with Crippen molar-refractivity contribution in [3.05, 3.63) is 74.7 Å². The monoisotopic (exact) mass is 479 g/mol. The highest BCUT2D eigenvalue weighted by molar-refractivity contribution is 6.30. The van der Waals surface area contributed by atoms with Gasteiger partial charge in [-0.3, -0.25) is 4.57 Å². The average Bonchev–Trinajstić information content (AvgIpc) is 3.35. The lowest BCUT2D eigenvalue weighted by molar-refractivity contribution is 0.277. The minimum absolute atomic E-state index is 0.243. The van der Waals surface area contributed by atoms with Crippen LogP contribution < -0.4 is 10.5 Å². The Kier molecular flexibility index (Phi) is 5.42. The van der Waals surface area contributed by atoms with Gasteiger partial charge in [-0.15, -0.1) is 0 Å². The molecule has 5 aromatic rings. The molecule has 8 nitrogen and oxygen atoms in total. The topological polar surface area (TPSA) is 104 Å². The highest BCUT2D eigenvalue weighted by atomic mass is 35.5. The molecule has 0 fully saturated rings. The fourth-order valence-electron chi connectivity index (χ4n) is 4.46. The molecular formula is C25H22ClN3O5. The molecule has 0 radical (unpaired) electrons. The summed E-state index contributed by atoms with van der Waals surface area (Å²) in [6, 6.07) is 10.6. The van der Waals surface area contributed by atoms with Crippen molar-refractivity contribution in [3.8, 4) is 16.9 Å². The van der Waals surface area contributed by atoms with E-state index in [4.69, 9.17) is 25.3 Å². The van der Waals surface area contributed by atoms with Crippen LogP contribution >= 0.6 is 11.6 Å². The van der Waals surface area contributed by atoms with Gasteiger partial charge >= 0.3 is 5.76 Å². The Bertz CT molecular complexity index is 1580. The summed E-state index contributed by atoms with van der Waals surface area (Å²) in [5.74, 6) is 0.673. The van der Waals surface area contributed by atoms with Gasteiger partial charge in [-0.1, -0.05) is 28.9 Å².